The number of hydrogen-bond donors (Lipinski definition) is 2. The van der Waals surface area contributed by atoms with Gasteiger partial charge in [-0.15, -0.1) is 0 Å². The van der Waals surface area contributed by atoms with Crippen LogP contribution in [0.5, 0.6) is 0 Å². The Morgan fingerprint density at radius 3 is 2.62 bits per heavy atom. The molecule has 1 aromatic rings. The molecule has 0 saturated carbocycles. The van der Waals surface area contributed by atoms with Crippen LogP contribution in [0.1, 0.15) is 25.3 Å². The molecule has 144 valence electrons. The third kappa shape index (κ3) is 4.55. The molecular formula is C20H31N3O3. The van der Waals surface area contributed by atoms with E-state index >= 15 is 0 Å². The molecule has 0 bridgehead atoms. The molecule has 0 aliphatic carbocycles. The van der Waals surface area contributed by atoms with Gasteiger partial charge in [0.15, 0.2) is 0 Å². The van der Waals surface area contributed by atoms with Crippen molar-refractivity contribution < 1.29 is 15.0 Å². The molecule has 3 rings (SSSR count). The average molecular weight is 361 g/mol. The van der Waals surface area contributed by atoms with E-state index in [2.05, 4.69) is 41.0 Å². The van der Waals surface area contributed by atoms with E-state index in [0.29, 0.717) is 19.4 Å². The minimum atomic E-state index is -1.08. The van der Waals surface area contributed by atoms with Crippen molar-refractivity contribution in [2.45, 2.75) is 38.4 Å². The van der Waals surface area contributed by atoms with Crippen molar-refractivity contribution >= 4 is 11.6 Å². The molecule has 2 atom stereocenters. The molecule has 1 amide bonds. The number of benzene rings is 1. The number of aryl methyl sites for hydroxylation is 1. The lowest BCUT2D eigenvalue weighted by molar-refractivity contribution is -0.146. The number of piperazine rings is 1. The molecular weight excluding hydrogens is 330 g/mol. The Hall–Kier alpha value is -1.63. The van der Waals surface area contributed by atoms with Crippen LogP contribution in [-0.2, 0) is 4.79 Å². The second-order valence-corrected chi connectivity index (χ2v) is 7.88. The van der Waals surface area contributed by atoms with E-state index in [4.69, 9.17) is 0 Å². The summed E-state index contributed by atoms with van der Waals surface area (Å²) in [6.45, 7) is 9.11. The Balaban J connectivity index is 1.42. The molecule has 6 heteroatoms. The van der Waals surface area contributed by atoms with Gasteiger partial charge < -0.3 is 20.0 Å². The Bertz CT molecular complexity index is 626. The number of likely N-dealkylation sites (tertiary alicyclic amines) is 1. The van der Waals surface area contributed by atoms with E-state index in [-0.39, 0.29) is 12.5 Å². The highest BCUT2D eigenvalue weighted by Crippen LogP contribution is 2.22. The molecule has 2 aliphatic heterocycles. The van der Waals surface area contributed by atoms with E-state index in [9.17, 15) is 15.0 Å². The first-order chi connectivity index (χ1) is 12.3. The van der Waals surface area contributed by atoms with E-state index in [1.165, 1.54) is 11.3 Å². The summed E-state index contributed by atoms with van der Waals surface area (Å²) in [6.07, 6.45) is 0.0343. The summed E-state index contributed by atoms with van der Waals surface area (Å²) >= 11 is 0. The van der Waals surface area contributed by atoms with Gasteiger partial charge in [0.25, 0.3) is 0 Å². The lowest BCUT2D eigenvalue weighted by Crippen LogP contribution is -2.55. The quantitative estimate of drug-likeness (QED) is 0.832. The third-order valence-corrected chi connectivity index (χ3v) is 5.73. The fraction of sp³-hybridized carbons (Fsp3) is 0.650. The predicted molar refractivity (Wildman–Crippen MR) is 102 cm³/mol. The highest BCUT2D eigenvalue weighted by molar-refractivity contribution is 5.76. The minimum absolute atomic E-state index is 0.0701. The van der Waals surface area contributed by atoms with E-state index in [1.54, 1.807) is 11.8 Å². The highest BCUT2D eigenvalue weighted by atomic mass is 16.3. The maximum atomic E-state index is 12.4. The molecule has 0 aromatic heterocycles. The van der Waals surface area contributed by atoms with Crippen LogP contribution >= 0.6 is 0 Å². The van der Waals surface area contributed by atoms with E-state index < -0.39 is 11.7 Å². The van der Waals surface area contributed by atoms with Crippen LogP contribution in [0.3, 0.4) is 0 Å². The first-order valence-corrected chi connectivity index (χ1v) is 9.57. The number of carbonyl (C=O) groups is 1. The van der Waals surface area contributed by atoms with Crippen molar-refractivity contribution in [3.63, 3.8) is 0 Å². The van der Waals surface area contributed by atoms with Crippen LogP contribution in [0.4, 0.5) is 5.69 Å². The van der Waals surface area contributed by atoms with Gasteiger partial charge in [0.1, 0.15) is 0 Å². The maximum Gasteiger partial charge on any atom is 0.223 e. The van der Waals surface area contributed by atoms with Crippen LogP contribution < -0.4 is 4.90 Å². The Morgan fingerprint density at radius 2 is 1.96 bits per heavy atom. The molecule has 2 aliphatic rings. The van der Waals surface area contributed by atoms with Gasteiger partial charge in [-0.3, -0.25) is 9.69 Å². The fourth-order valence-electron chi connectivity index (χ4n) is 3.72. The van der Waals surface area contributed by atoms with Gasteiger partial charge >= 0.3 is 0 Å². The zero-order valence-electron chi connectivity index (χ0n) is 15.9. The van der Waals surface area contributed by atoms with Gasteiger partial charge in [0.05, 0.1) is 11.7 Å². The van der Waals surface area contributed by atoms with E-state index in [0.717, 1.165) is 32.7 Å². The second-order valence-electron chi connectivity index (χ2n) is 7.88. The largest absolute Gasteiger partial charge is 0.388 e. The first-order valence-electron chi connectivity index (χ1n) is 9.57. The Morgan fingerprint density at radius 1 is 1.23 bits per heavy atom. The lowest BCUT2D eigenvalue weighted by Gasteiger charge is -2.40. The summed E-state index contributed by atoms with van der Waals surface area (Å²) in [5.74, 6) is 0.0701. The molecule has 2 fully saturated rings. The fourth-order valence-corrected chi connectivity index (χ4v) is 3.72. The summed E-state index contributed by atoms with van der Waals surface area (Å²) in [7, 11) is 0. The number of hydrogen-bond acceptors (Lipinski definition) is 5. The monoisotopic (exact) mass is 361 g/mol. The summed E-state index contributed by atoms with van der Waals surface area (Å²) in [5, 5.41) is 20.0. The molecule has 2 heterocycles. The van der Waals surface area contributed by atoms with Crippen LogP contribution in [0.2, 0.25) is 0 Å². The number of amides is 1. The predicted octanol–water partition coefficient (Wildman–Crippen LogP) is 0.851. The number of aliphatic hydroxyl groups excluding tert-OH is 1. The average Bonchev–Trinajstić information content (AvgIpc) is 2.62. The number of piperidine rings is 1. The number of carbonyl (C=O) groups excluding carboxylic acids is 1. The van der Waals surface area contributed by atoms with Gasteiger partial charge in [-0.05, 0) is 38.0 Å². The van der Waals surface area contributed by atoms with Gasteiger partial charge in [-0.1, -0.05) is 12.1 Å². The zero-order valence-corrected chi connectivity index (χ0v) is 15.9. The standard InChI is InChI=1S/C20H31N3O3/c1-16-4-3-5-17(14-16)22-12-10-21(11-13-22)8-6-19(25)23-9-7-20(2,26)18(24)15-23/h3-5,14,18,24,26H,6-13,15H2,1-2H3/t18-,20-/m0/s1. The molecule has 0 spiro atoms. The Labute approximate surface area is 156 Å². The third-order valence-electron chi connectivity index (χ3n) is 5.73. The number of β-amino-alcohol motifs (C(OH)–C–C–N with tert-alkyl or cyclic N) is 1. The van der Waals surface area contributed by atoms with Gasteiger partial charge in [-0.2, -0.15) is 0 Å². The smallest absolute Gasteiger partial charge is 0.223 e. The van der Waals surface area contributed by atoms with Crippen molar-refractivity contribution in [3.05, 3.63) is 29.8 Å². The number of aliphatic hydroxyl groups is 2. The van der Waals surface area contributed by atoms with Gasteiger partial charge in [0, 0.05) is 57.9 Å². The first kappa shape index (κ1) is 19.1. The van der Waals surface area contributed by atoms with Crippen molar-refractivity contribution in [1.82, 2.24) is 9.80 Å². The van der Waals surface area contributed by atoms with Crippen LogP contribution in [0, 0.1) is 6.92 Å². The topological polar surface area (TPSA) is 67.2 Å². The summed E-state index contributed by atoms with van der Waals surface area (Å²) < 4.78 is 0. The summed E-state index contributed by atoms with van der Waals surface area (Å²) in [5.41, 5.74) is 1.47. The molecule has 26 heavy (non-hydrogen) atoms. The Kier molecular flexibility index (Phi) is 5.85. The second kappa shape index (κ2) is 7.94. The highest BCUT2D eigenvalue weighted by Gasteiger charge is 2.37. The molecule has 0 radical (unpaired) electrons. The number of nitrogens with zero attached hydrogens (tertiary/aromatic N) is 3. The number of rotatable bonds is 4. The van der Waals surface area contributed by atoms with E-state index in [1.807, 2.05) is 0 Å². The number of anilines is 1. The van der Waals surface area contributed by atoms with Crippen molar-refractivity contribution in [2.24, 2.45) is 0 Å². The van der Waals surface area contributed by atoms with Crippen LogP contribution in [0.15, 0.2) is 24.3 Å². The van der Waals surface area contributed by atoms with Crippen molar-refractivity contribution in [3.8, 4) is 0 Å². The summed E-state index contributed by atoms with van der Waals surface area (Å²) in [6, 6.07) is 8.58. The summed E-state index contributed by atoms with van der Waals surface area (Å²) in [4.78, 5) is 18.8. The van der Waals surface area contributed by atoms with Crippen molar-refractivity contribution in [2.75, 3.05) is 50.7 Å². The molecule has 2 saturated heterocycles. The van der Waals surface area contributed by atoms with Gasteiger partial charge in [-0.25, -0.2) is 0 Å². The zero-order chi connectivity index (χ0) is 18.7. The SMILES string of the molecule is Cc1cccc(N2CCN(CCC(=O)N3CC[C@](C)(O)[C@@H](O)C3)CC2)c1. The molecule has 0 unspecified atom stereocenters. The van der Waals surface area contributed by atoms with Crippen LogP contribution in [0.25, 0.3) is 0 Å². The molecule has 6 nitrogen and oxygen atoms in total. The molecule has 2 N–H and O–H groups in total. The van der Waals surface area contributed by atoms with Crippen LogP contribution in [-0.4, -0.2) is 83.4 Å². The van der Waals surface area contributed by atoms with Gasteiger partial charge in [0.2, 0.25) is 5.91 Å². The maximum absolute atomic E-state index is 12.4. The lowest BCUT2D eigenvalue weighted by atomic mass is 9.90. The minimum Gasteiger partial charge on any atom is -0.388 e. The van der Waals surface area contributed by atoms with Crippen molar-refractivity contribution in [1.29, 1.82) is 0 Å². The molecule has 1 aromatic carbocycles. The normalized spacial score (nSPS) is 27.6.